The molecule has 8 heteroatoms. The van der Waals surface area contributed by atoms with Crippen molar-refractivity contribution in [1.82, 2.24) is 10.6 Å². The number of rotatable bonds is 5. The maximum Gasteiger partial charge on any atom is 0.293 e. The predicted molar refractivity (Wildman–Crippen MR) is 87.8 cm³/mol. The molecule has 0 spiro atoms. The second kappa shape index (κ2) is 7.05. The van der Waals surface area contributed by atoms with Gasteiger partial charge in [0.2, 0.25) is 0 Å². The van der Waals surface area contributed by atoms with Crippen LogP contribution in [0.4, 0.5) is 4.39 Å². The fourth-order valence-corrected chi connectivity index (χ4v) is 2.49. The average Bonchev–Trinajstić information content (AvgIpc) is 3.24. The molecule has 0 unspecified atom stereocenters. The van der Waals surface area contributed by atoms with Crippen LogP contribution in [-0.2, 0) is 0 Å². The predicted octanol–water partition coefficient (Wildman–Crippen LogP) is 3.31. The van der Waals surface area contributed by atoms with E-state index in [-0.39, 0.29) is 10.8 Å². The molecule has 0 saturated heterocycles. The second-order valence-corrected chi connectivity index (χ2v) is 5.71. The lowest BCUT2D eigenvalue weighted by atomic mass is 10.1. The largest absolute Gasteiger partial charge is 0.497 e. The minimum Gasteiger partial charge on any atom is -0.497 e. The molecule has 1 aromatic carbocycles. The second-order valence-electron chi connectivity index (χ2n) is 4.65. The van der Waals surface area contributed by atoms with Gasteiger partial charge in [-0.15, -0.1) is 11.3 Å². The molecule has 3 rings (SSSR count). The standard InChI is InChI=1S/C16H12FN3O3S/c1-22-11-4-2-10(3-5-11)14-8-13(20-23-14)16(21)19-18-9-12-6-7-15(17)24-12/h2-9H,1H3,(H,19,21)/b18-9-. The normalized spacial score (nSPS) is 10.9. The molecule has 122 valence electrons. The van der Waals surface area contributed by atoms with Crippen LogP contribution in [-0.4, -0.2) is 24.4 Å². The molecule has 1 amide bonds. The molecule has 0 saturated carbocycles. The van der Waals surface area contributed by atoms with Crippen LogP contribution >= 0.6 is 11.3 Å². The third-order valence-electron chi connectivity index (χ3n) is 3.07. The number of nitrogens with one attached hydrogen (secondary N) is 1. The molecule has 0 radical (unpaired) electrons. The van der Waals surface area contributed by atoms with E-state index in [0.29, 0.717) is 10.6 Å². The van der Waals surface area contributed by atoms with E-state index in [1.54, 1.807) is 37.4 Å². The van der Waals surface area contributed by atoms with Crippen LogP contribution in [0.2, 0.25) is 0 Å². The van der Waals surface area contributed by atoms with Gasteiger partial charge < -0.3 is 9.26 Å². The van der Waals surface area contributed by atoms with Gasteiger partial charge in [-0.05, 0) is 36.4 Å². The van der Waals surface area contributed by atoms with Gasteiger partial charge in [-0.2, -0.15) is 9.49 Å². The molecule has 0 aliphatic heterocycles. The molecule has 0 bridgehead atoms. The SMILES string of the molecule is COc1ccc(-c2cc(C(=O)N/N=C\c3ccc(F)s3)no2)cc1. The number of hydrogen-bond acceptors (Lipinski definition) is 6. The van der Waals surface area contributed by atoms with Crippen molar-refractivity contribution in [2.75, 3.05) is 7.11 Å². The van der Waals surface area contributed by atoms with Crippen molar-refractivity contribution in [2.45, 2.75) is 0 Å². The first-order valence-electron chi connectivity index (χ1n) is 6.85. The first-order valence-corrected chi connectivity index (χ1v) is 7.67. The molecule has 2 heterocycles. The lowest BCUT2D eigenvalue weighted by Gasteiger charge is -1.99. The Labute approximate surface area is 140 Å². The van der Waals surface area contributed by atoms with Crippen molar-refractivity contribution < 1.29 is 18.4 Å². The highest BCUT2D eigenvalue weighted by Gasteiger charge is 2.13. The first-order chi connectivity index (χ1) is 11.7. The monoisotopic (exact) mass is 345 g/mol. The first kappa shape index (κ1) is 15.9. The molecule has 6 nitrogen and oxygen atoms in total. The minimum atomic E-state index is -0.521. The van der Waals surface area contributed by atoms with Crippen LogP contribution < -0.4 is 10.2 Å². The van der Waals surface area contributed by atoms with Gasteiger partial charge in [0.15, 0.2) is 16.6 Å². The van der Waals surface area contributed by atoms with Gasteiger partial charge >= 0.3 is 0 Å². The molecule has 24 heavy (non-hydrogen) atoms. The van der Waals surface area contributed by atoms with Crippen molar-refractivity contribution >= 4 is 23.5 Å². The summed E-state index contributed by atoms with van der Waals surface area (Å²) in [4.78, 5) is 12.5. The maximum atomic E-state index is 12.8. The Morgan fingerprint density at radius 3 is 2.79 bits per heavy atom. The van der Waals surface area contributed by atoms with E-state index in [2.05, 4.69) is 15.7 Å². The molecule has 1 N–H and O–H groups in total. The summed E-state index contributed by atoms with van der Waals surface area (Å²) in [6.07, 6.45) is 1.36. The van der Waals surface area contributed by atoms with Crippen molar-refractivity contribution in [3.8, 4) is 17.1 Å². The summed E-state index contributed by atoms with van der Waals surface area (Å²) in [5, 5.41) is 7.16. The summed E-state index contributed by atoms with van der Waals surface area (Å²) in [5.41, 5.74) is 3.17. The summed E-state index contributed by atoms with van der Waals surface area (Å²) in [5.74, 6) is 0.648. The Morgan fingerprint density at radius 2 is 2.12 bits per heavy atom. The number of nitrogens with zero attached hydrogens (tertiary/aromatic N) is 2. The number of carbonyl (C=O) groups is 1. The lowest BCUT2D eigenvalue weighted by Crippen LogP contribution is -2.17. The van der Waals surface area contributed by atoms with Gasteiger partial charge in [-0.3, -0.25) is 4.79 Å². The zero-order valence-electron chi connectivity index (χ0n) is 12.5. The quantitative estimate of drug-likeness (QED) is 0.568. The Kier molecular flexibility index (Phi) is 4.66. The van der Waals surface area contributed by atoms with Crippen molar-refractivity contribution in [3.05, 3.63) is 58.2 Å². The maximum absolute atomic E-state index is 12.8. The van der Waals surface area contributed by atoms with Gasteiger partial charge in [-0.25, -0.2) is 5.43 Å². The highest BCUT2D eigenvalue weighted by atomic mass is 32.1. The van der Waals surface area contributed by atoms with Gasteiger partial charge in [0.25, 0.3) is 5.91 Å². The topological polar surface area (TPSA) is 76.7 Å². The van der Waals surface area contributed by atoms with E-state index >= 15 is 0 Å². The summed E-state index contributed by atoms with van der Waals surface area (Å²) in [7, 11) is 1.58. The Morgan fingerprint density at radius 1 is 1.33 bits per heavy atom. The van der Waals surface area contributed by atoms with Gasteiger partial charge in [0, 0.05) is 11.6 Å². The highest BCUT2D eigenvalue weighted by Crippen LogP contribution is 2.23. The molecule has 0 fully saturated rings. The Bertz CT molecular complexity index is 871. The van der Waals surface area contributed by atoms with Crippen LogP contribution in [0.1, 0.15) is 15.4 Å². The smallest absolute Gasteiger partial charge is 0.293 e. The van der Waals surface area contributed by atoms with E-state index in [0.717, 1.165) is 22.6 Å². The number of hydrogen-bond donors (Lipinski definition) is 1. The number of thiophene rings is 1. The number of ether oxygens (including phenoxy) is 1. The number of aromatic nitrogens is 1. The van der Waals surface area contributed by atoms with Crippen LogP contribution in [0.15, 0.2) is 52.1 Å². The van der Waals surface area contributed by atoms with E-state index < -0.39 is 5.91 Å². The minimum absolute atomic E-state index is 0.0929. The molecule has 0 aliphatic carbocycles. The van der Waals surface area contributed by atoms with Gasteiger partial charge in [0.05, 0.1) is 18.2 Å². The van der Waals surface area contributed by atoms with Crippen molar-refractivity contribution in [3.63, 3.8) is 0 Å². The van der Waals surface area contributed by atoms with E-state index in [9.17, 15) is 9.18 Å². The van der Waals surface area contributed by atoms with Crippen LogP contribution in [0, 0.1) is 5.13 Å². The van der Waals surface area contributed by atoms with Gasteiger partial charge in [0.1, 0.15) is 5.75 Å². The number of halogens is 1. The fourth-order valence-electron chi connectivity index (χ4n) is 1.88. The van der Waals surface area contributed by atoms with Crippen LogP contribution in [0.3, 0.4) is 0 Å². The molecule has 2 aromatic heterocycles. The zero-order valence-corrected chi connectivity index (χ0v) is 13.3. The van der Waals surface area contributed by atoms with E-state index in [4.69, 9.17) is 9.26 Å². The Hall–Kier alpha value is -3.00. The summed E-state index contributed by atoms with van der Waals surface area (Å²) in [6, 6.07) is 11.6. The molecule has 3 aromatic rings. The summed E-state index contributed by atoms with van der Waals surface area (Å²) < 4.78 is 23.1. The average molecular weight is 345 g/mol. The number of amides is 1. The Balaban J connectivity index is 1.65. The van der Waals surface area contributed by atoms with Crippen molar-refractivity contribution in [2.24, 2.45) is 5.10 Å². The van der Waals surface area contributed by atoms with E-state index in [1.807, 2.05) is 0 Å². The number of methoxy groups -OCH3 is 1. The van der Waals surface area contributed by atoms with Crippen molar-refractivity contribution in [1.29, 1.82) is 0 Å². The molecule has 0 aliphatic rings. The lowest BCUT2D eigenvalue weighted by molar-refractivity contribution is 0.0946. The number of benzene rings is 1. The van der Waals surface area contributed by atoms with Gasteiger partial charge in [-0.1, -0.05) is 5.16 Å². The van der Waals surface area contributed by atoms with Crippen LogP contribution in [0.25, 0.3) is 11.3 Å². The summed E-state index contributed by atoms with van der Waals surface area (Å²) in [6.45, 7) is 0. The van der Waals surface area contributed by atoms with Crippen LogP contribution in [0.5, 0.6) is 5.75 Å². The molecule has 0 atom stereocenters. The number of hydrazone groups is 1. The number of carbonyl (C=O) groups excluding carboxylic acids is 1. The summed E-state index contributed by atoms with van der Waals surface area (Å²) >= 11 is 0.928. The third kappa shape index (κ3) is 3.66. The fraction of sp³-hybridized carbons (Fsp3) is 0.0625. The molecular formula is C16H12FN3O3S. The zero-order chi connectivity index (χ0) is 16.9. The third-order valence-corrected chi connectivity index (χ3v) is 3.88. The highest BCUT2D eigenvalue weighted by molar-refractivity contribution is 7.12. The van der Waals surface area contributed by atoms with E-state index in [1.165, 1.54) is 18.3 Å². The molecular weight excluding hydrogens is 333 g/mol.